The van der Waals surface area contributed by atoms with Gasteiger partial charge in [-0.2, -0.15) is 0 Å². The van der Waals surface area contributed by atoms with E-state index in [9.17, 15) is 0 Å². The lowest BCUT2D eigenvalue weighted by Crippen LogP contribution is -2.25. The SMILES string of the molecule is CCCCCCCCCCCCCCCCSC(=N[C@@H](C)c1ccccc1)N[C@@H](C)c1ccccc1. The van der Waals surface area contributed by atoms with Crippen LogP contribution in [0.3, 0.4) is 0 Å². The van der Waals surface area contributed by atoms with Crippen LogP contribution < -0.4 is 5.32 Å². The second-order valence-electron chi connectivity index (χ2n) is 10.2. The zero-order valence-electron chi connectivity index (χ0n) is 23.4. The zero-order valence-corrected chi connectivity index (χ0v) is 24.2. The molecule has 0 bridgehead atoms. The summed E-state index contributed by atoms with van der Waals surface area (Å²) in [5.74, 6) is 1.13. The van der Waals surface area contributed by atoms with Gasteiger partial charge in [-0.15, -0.1) is 0 Å². The van der Waals surface area contributed by atoms with Crippen LogP contribution in [-0.4, -0.2) is 10.9 Å². The van der Waals surface area contributed by atoms with Crippen molar-refractivity contribution in [1.82, 2.24) is 5.32 Å². The Morgan fingerprint density at radius 2 is 1.08 bits per heavy atom. The second-order valence-corrected chi connectivity index (χ2v) is 11.3. The van der Waals surface area contributed by atoms with Gasteiger partial charge in [0.25, 0.3) is 0 Å². The van der Waals surface area contributed by atoms with Crippen LogP contribution in [-0.2, 0) is 0 Å². The van der Waals surface area contributed by atoms with E-state index >= 15 is 0 Å². The topological polar surface area (TPSA) is 24.4 Å². The summed E-state index contributed by atoms with van der Waals surface area (Å²) in [4.78, 5) is 5.08. The molecule has 2 atom stereocenters. The van der Waals surface area contributed by atoms with Crippen LogP contribution in [0.2, 0.25) is 0 Å². The molecule has 0 aliphatic carbocycles. The van der Waals surface area contributed by atoms with Crippen LogP contribution in [0.25, 0.3) is 0 Å². The number of hydrogen-bond donors (Lipinski definition) is 1. The van der Waals surface area contributed by atoms with Gasteiger partial charge < -0.3 is 5.32 Å². The first-order chi connectivity index (χ1) is 17.7. The third-order valence-corrected chi connectivity index (χ3v) is 7.96. The van der Waals surface area contributed by atoms with E-state index in [4.69, 9.17) is 4.99 Å². The lowest BCUT2D eigenvalue weighted by Gasteiger charge is -2.19. The number of rotatable bonds is 19. The fraction of sp³-hybridized carbons (Fsp3) is 0.606. The molecule has 3 heteroatoms. The highest BCUT2D eigenvalue weighted by atomic mass is 32.2. The molecule has 2 rings (SSSR count). The van der Waals surface area contributed by atoms with Gasteiger partial charge in [-0.25, -0.2) is 0 Å². The molecule has 0 radical (unpaired) electrons. The number of unbranched alkanes of at least 4 members (excludes halogenated alkanes) is 13. The van der Waals surface area contributed by atoms with Crippen molar-refractivity contribution in [3.63, 3.8) is 0 Å². The Morgan fingerprint density at radius 1 is 0.639 bits per heavy atom. The molecular formula is C33H52N2S. The van der Waals surface area contributed by atoms with Crippen LogP contribution in [0.15, 0.2) is 65.7 Å². The van der Waals surface area contributed by atoms with Crippen molar-refractivity contribution in [1.29, 1.82) is 0 Å². The van der Waals surface area contributed by atoms with Gasteiger partial charge in [-0.1, -0.05) is 163 Å². The molecule has 200 valence electrons. The van der Waals surface area contributed by atoms with E-state index in [1.807, 2.05) is 11.8 Å². The summed E-state index contributed by atoms with van der Waals surface area (Å²) >= 11 is 1.89. The van der Waals surface area contributed by atoms with Crippen LogP contribution in [0.5, 0.6) is 0 Å². The third kappa shape index (κ3) is 14.1. The Bertz CT molecular complexity index is 790. The predicted molar refractivity (Wildman–Crippen MR) is 163 cm³/mol. The van der Waals surface area contributed by atoms with Gasteiger partial charge >= 0.3 is 0 Å². The van der Waals surface area contributed by atoms with E-state index in [1.165, 1.54) is 101 Å². The summed E-state index contributed by atoms with van der Waals surface area (Å²) < 4.78 is 0. The van der Waals surface area contributed by atoms with Gasteiger partial charge in [-0.05, 0) is 31.4 Å². The standard InChI is InChI=1S/C33H52N2S/c1-4-5-6-7-8-9-10-11-12-13-14-15-16-23-28-36-33(34-29(2)31-24-19-17-20-25-31)35-30(3)32-26-21-18-22-27-32/h17-22,24-27,29-30H,4-16,23,28H2,1-3H3,(H,34,35)/t29-,30-/m0/s1. The van der Waals surface area contributed by atoms with Gasteiger partial charge in [0.1, 0.15) is 0 Å². The Kier molecular flexibility index (Phi) is 17.2. The molecule has 2 nitrogen and oxygen atoms in total. The molecule has 2 aromatic carbocycles. The molecule has 0 fully saturated rings. The fourth-order valence-corrected chi connectivity index (χ4v) is 5.61. The Morgan fingerprint density at radius 3 is 1.58 bits per heavy atom. The third-order valence-electron chi connectivity index (χ3n) is 6.97. The Balaban J connectivity index is 1.64. The van der Waals surface area contributed by atoms with Gasteiger partial charge in [0.05, 0.1) is 12.1 Å². The maximum Gasteiger partial charge on any atom is 0.157 e. The molecule has 0 aromatic heterocycles. The van der Waals surface area contributed by atoms with Crippen molar-refractivity contribution in [2.75, 3.05) is 5.75 Å². The minimum atomic E-state index is 0.153. The summed E-state index contributed by atoms with van der Waals surface area (Å²) in [6, 6.07) is 21.7. The van der Waals surface area contributed by atoms with Crippen molar-refractivity contribution in [3.8, 4) is 0 Å². The highest BCUT2D eigenvalue weighted by Gasteiger charge is 2.11. The molecule has 1 N–H and O–H groups in total. The Hall–Kier alpha value is -1.74. The van der Waals surface area contributed by atoms with E-state index in [0.717, 1.165) is 10.9 Å². The first-order valence-electron chi connectivity index (χ1n) is 14.8. The average Bonchev–Trinajstić information content (AvgIpc) is 2.91. The molecule has 0 saturated carbocycles. The number of nitrogens with one attached hydrogen (secondary N) is 1. The molecule has 0 heterocycles. The van der Waals surface area contributed by atoms with Crippen molar-refractivity contribution in [3.05, 3.63) is 71.8 Å². The first kappa shape index (κ1) is 30.5. The molecule has 0 amide bonds. The maximum absolute atomic E-state index is 5.08. The number of aliphatic imine (C=N–C) groups is 1. The van der Waals surface area contributed by atoms with Gasteiger partial charge in [0.2, 0.25) is 0 Å². The van der Waals surface area contributed by atoms with E-state index < -0.39 is 0 Å². The van der Waals surface area contributed by atoms with Gasteiger partial charge in [0.15, 0.2) is 5.17 Å². The van der Waals surface area contributed by atoms with Crippen molar-refractivity contribution in [2.24, 2.45) is 4.99 Å². The minimum absolute atomic E-state index is 0.153. The van der Waals surface area contributed by atoms with Crippen molar-refractivity contribution in [2.45, 2.75) is 123 Å². The smallest absolute Gasteiger partial charge is 0.157 e. The predicted octanol–water partition coefficient (Wildman–Crippen LogP) is 10.7. The first-order valence-corrected chi connectivity index (χ1v) is 15.8. The van der Waals surface area contributed by atoms with Crippen LogP contribution in [0, 0.1) is 0 Å². The molecule has 0 saturated heterocycles. The number of nitrogens with zero attached hydrogens (tertiary/aromatic N) is 1. The monoisotopic (exact) mass is 508 g/mol. The van der Waals surface area contributed by atoms with Crippen molar-refractivity contribution < 1.29 is 0 Å². The second kappa shape index (κ2) is 20.3. The molecule has 2 aromatic rings. The molecule has 0 aliphatic rings. The molecular weight excluding hydrogens is 456 g/mol. The van der Waals surface area contributed by atoms with E-state index in [1.54, 1.807) is 0 Å². The normalized spacial score (nSPS) is 13.5. The number of hydrogen-bond acceptors (Lipinski definition) is 2. The average molecular weight is 509 g/mol. The maximum atomic E-state index is 5.08. The quantitative estimate of drug-likeness (QED) is 0.116. The lowest BCUT2D eigenvalue weighted by molar-refractivity contribution is 0.538. The van der Waals surface area contributed by atoms with E-state index in [2.05, 4.69) is 86.8 Å². The summed E-state index contributed by atoms with van der Waals surface area (Å²) in [6.07, 6.45) is 19.7. The van der Waals surface area contributed by atoms with E-state index in [0.29, 0.717) is 0 Å². The fourth-order valence-electron chi connectivity index (χ4n) is 4.57. The summed E-state index contributed by atoms with van der Waals surface area (Å²) in [5.41, 5.74) is 2.57. The summed E-state index contributed by atoms with van der Waals surface area (Å²) in [7, 11) is 0. The van der Waals surface area contributed by atoms with Crippen LogP contribution >= 0.6 is 11.8 Å². The molecule has 0 aliphatic heterocycles. The number of thioether (sulfide) groups is 1. The summed E-state index contributed by atoms with van der Waals surface area (Å²) in [6.45, 7) is 6.71. The summed E-state index contributed by atoms with van der Waals surface area (Å²) in [5, 5.41) is 4.76. The number of amidine groups is 1. The minimum Gasteiger partial charge on any atom is -0.358 e. The van der Waals surface area contributed by atoms with Gasteiger partial charge in [-0.3, -0.25) is 4.99 Å². The highest BCUT2D eigenvalue weighted by molar-refractivity contribution is 8.13. The molecule has 0 spiro atoms. The van der Waals surface area contributed by atoms with Crippen LogP contribution in [0.1, 0.15) is 134 Å². The number of benzene rings is 2. The molecule has 0 unspecified atom stereocenters. The van der Waals surface area contributed by atoms with E-state index in [-0.39, 0.29) is 12.1 Å². The lowest BCUT2D eigenvalue weighted by atomic mass is 10.0. The Labute approximate surface area is 227 Å². The zero-order chi connectivity index (χ0) is 25.7. The van der Waals surface area contributed by atoms with Crippen LogP contribution in [0.4, 0.5) is 0 Å². The van der Waals surface area contributed by atoms with Crippen molar-refractivity contribution >= 4 is 16.9 Å². The molecule has 36 heavy (non-hydrogen) atoms. The largest absolute Gasteiger partial charge is 0.358 e. The van der Waals surface area contributed by atoms with Gasteiger partial charge in [0, 0.05) is 5.75 Å². The highest BCUT2D eigenvalue weighted by Crippen LogP contribution is 2.21.